The molecule has 0 amide bonds. The van der Waals surface area contributed by atoms with E-state index >= 15 is 0 Å². The van der Waals surface area contributed by atoms with Crippen LogP contribution in [-0.4, -0.2) is 22.5 Å². The third kappa shape index (κ3) is 3.84. The van der Waals surface area contributed by atoms with E-state index in [1.165, 1.54) is 0 Å². The average molecular weight is 416 g/mol. The average Bonchev–Trinajstić information content (AvgIpc) is 2.54. The molecule has 2 atom stereocenters. The van der Waals surface area contributed by atoms with Crippen molar-refractivity contribution in [3.63, 3.8) is 0 Å². The molecule has 0 fully saturated rings. The quantitative estimate of drug-likeness (QED) is 0.599. The summed E-state index contributed by atoms with van der Waals surface area (Å²) in [4.78, 5) is 0. The van der Waals surface area contributed by atoms with Crippen LogP contribution in [0.5, 0.6) is 0 Å². The highest BCUT2D eigenvalue weighted by Gasteiger charge is 2.29. The van der Waals surface area contributed by atoms with Crippen LogP contribution in [0.3, 0.4) is 0 Å². The molecule has 0 unspecified atom stereocenters. The second kappa shape index (κ2) is 6.89. The van der Waals surface area contributed by atoms with Crippen molar-refractivity contribution in [2.24, 2.45) is 0 Å². The van der Waals surface area contributed by atoms with E-state index in [1.54, 1.807) is 41.6 Å². The van der Waals surface area contributed by atoms with Crippen LogP contribution in [0.1, 0.15) is 18.6 Å². The lowest BCUT2D eigenvalue weighted by atomic mass is 10.0. The molecule has 0 bridgehead atoms. The van der Waals surface area contributed by atoms with E-state index in [2.05, 4.69) is 0 Å². The number of hydrogen-bond acceptors (Lipinski definition) is 3. The maximum atomic E-state index is 11.8. The van der Waals surface area contributed by atoms with Gasteiger partial charge in [-0.05, 0) is 16.7 Å². The molecule has 21 heavy (non-hydrogen) atoms. The highest BCUT2D eigenvalue weighted by atomic mass is 127. The van der Waals surface area contributed by atoms with Crippen molar-refractivity contribution in [1.82, 2.24) is 0 Å². The fourth-order valence-corrected chi connectivity index (χ4v) is 4.37. The molecule has 0 aliphatic heterocycles. The number of aliphatic hydroxyl groups excluding tert-OH is 1. The highest BCUT2D eigenvalue weighted by molar-refractivity contribution is 14.1. The van der Waals surface area contributed by atoms with Gasteiger partial charge in [0.2, 0.25) is 0 Å². The molecule has 0 heterocycles. The van der Waals surface area contributed by atoms with E-state index in [9.17, 15) is 13.5 Å². The first-order chi connectivity index (χ1) is 9.95. The van der Waals surface area contributed by atoms with Gasteiger partial charge < -0.3 is 5.11 Å². The van der Waals surface area contributed by atoms with Gasteiger partial charge in [0, 0.05) is 5.75 Å². The molecule has 0 aromatic heterocycles. The summed E-state index contributed by atoms with van der Waals surface area (Å²) in [7, 11) is -3.27. The van der Waals surface area contributed by atoms with Gasteiger partial charge in [-0.1, -0.05) is 84.1 Å². The van der Waals surface area contributed by atoms with E-state index < -0.39 is 19.2 Å². The third-order valence-electron chi connectivity index (χ3n) is 3.35. The molecule has 2 aromatic rings. The van der Waals surface area contributed by atoms with Gasteiger partial charge in [0.15, 0.2) is 9.84 Å². The molecule has 0 saturated carbocycles. The number of rotatable bonds is 5. The Labute approximate surface area is 139 Å². The molecule has 2 aromatic carbocycles. The Balaban J connectivity index is 2.23. The lowest BCUT2D eigenvalue weighted by molar-refractivity contribution is 0.197. The van der Waals surface area contributed by atoms with Crippen molar-refractivity contribution in [1.29, 1.82) is 0 Å². The Bertz CT molecular complexity index is 681. The normalized spacial score (nSPS) is 14.6. The largest absolute Gasteiger partial charge is 0.386 e. The van der Waals surface area contributed by atoms with Crippen LogP contribution in [0.15, 0.2) is 54.6 Å². The molecule has 5 heteroatoms. The summed E-state index contributed by atoms with van der Waals surface area (Å²) in [5.74, 6) is 0.0275. The first kappa shape index (κ1) is 16.5. The van der Waals surface area contributed by atoms with Crippen molar-refractivity contribution >= 4 is 32.4 Å². The zero-order valence-corrected chi connectivity index (χ0v) is 14.6. The first-order valence-corrected chi connectivity index (χ1v) is 9.61. The van der Waals surface area contributed by atoms with E-state index in [4.69, 9.17) is 0 Å². The van der Waals surface area contributed by atoms with Gasteiger partial charge in [-0.2, -0.15) is 0 Å². The fraction of sp³-hybridized carbons (Fsp3) is 0.250. The molecular weight excluding hydrogens is 399 g/mol. The molecule has 1 N–H and O–H groups in total. The van der Waals surface area contributed by atoms with Crippen LogP contribution in [0, 0.1) is 0 Å². The number of alkyl halides is 1. The molecule has 0 spiro atoms. The molecule has 2 rings (SSSR count). The summed E-state index contributed by atoms with van der Waals surface area (Å²) in [5, 5.41) is 10.2. The third-order valence-corrected chi connectivity index (χ3v) is 8.11. The van der Waals surface area contributed by atoms with Gasteiger partial charge >= 0.3 is 0 Å². The van der Waals surface area contributed by atoms with E-state index in [1.807, 2.05) is 42.5 Å². The van der Waals surface area contributed by atoms with Crippen LogP contribution in [-0.2, 0) is 9.84 Å². The van der Waals surface area contributed by atoms with Crippen molar-refractivity contribution in [2.75, 3.05) is 5.75 Å². The Morgan fingerprint density at radius 1 is 1.00 bits per heavy atom. The van der Waals surface area contributed by atoms with Crippen molar-refractivity contribution in [3.8, 4) is 11.1 Å². The minimum atomic E-state index is -3.27. The van der Waals surface area contributed by atoms with Crippen molar-refractivity contribution < 1.29 is 13.5 Å². The molecular formula is C16H17IO3S. The summed E-state index contributed by atoms with van der Waals surface area (Å²) >= 11 is 1.80. The number of halogens is 1. The Morgan fingerprint density at radius 2 is 1.52 bits per heavy atom. The maximum Gasteiger partial charge on any atom is 0.164 e. The number of hydrogen-bond donors (Lipinski definition) is 1. The summed E-state index contributed by atoms with van der Waals surface area (Å²) in [6.45, 7) is 1.59. The summed E-state index contributed by atoms with van der Waals surface area (Å²) in [6, 6.07) is 17.3. The number of sulfone groups is 1. The SMILES string of the molecule is CCS(=O)(=O)[C@H](I)[C@H](O)c1ccc(-c2ccccc2)cc1. The molecule has 3 nitrogen and oxygen atoms in total. The van der Waals surface area contributed by atoms with Crippen molar-refractivity contribution in [2.45, 2.75) is 16.3 Å². The summed E-state index contributed by atoms with van der Waals surface area (Å²) in [5.41, 5.74) is 2.74. The van der Waals surface area contributed by atoms with Crippen LogP contribution in [0.2, 0.25) is 0 Å². The summed E-state index contributed by atoms with van der Waals surface area (Å²) < 4.78 is 22.8. The first-order valence-electron chi connectivity index (χ1n) is 6.65. The minimum absolute atomic E-state index is 0.0275. The zero-order valence-electron chi connectivity index (χ0n) is 11.6. The predicted molar refractivity (Wildman–Crippen MR) is 94.1 cm³/mol. The van der Waals surface area contributed by atoms with Crippen molar-refractivity contribution in [3.05, 3.63) is 60.2 Å². The Hall–Kier alpha value is -0.920. The van der Waals surface area contributed by atoms with Gasteiger partial charge in [-0.25, -0.2) is 8.42 Å². The van der Waals surface area contributed by atoms with Crippen LogP contribution in [0.4, 0.5) is 0 Å². The summed E-state index contributed by atoms with van der Waals surface area (Å²) in [6.07, 6.45) is -1.01. The minimum Gasteiger partial charge on any atom is -0.386 e. The standard InChI is InChI=1S/C16H17IO3S/c1-2-21(19,20)16(17)15(18)14-10-8-13(9-11-14)12-6-4-3-5-7-12/h3-11,15-16,18H,2H2,1H3/t15-,16+/m1/s1. The lowest BCUT2D eigenvalue weighted by Gasteiger charge is -2.17. The molecule has 112 valence electrons. The monoisotopic (exact) mass is 416 g/mol. The zero-order chi connectivity index (χ0) is 15.5. The number of aliphatic hydroxyl groups is 1. The van der Waals surface area contributed by atoms with E-state index in [-0.39, 0.29) is 5.75 Å². The molecule has 0 aliphatic carbocycles. The number of benzene rings is 2. The van der Waals surface area contributed by atoms with Crippen LogP contribution in [0.25, 0.3) is 11.1 Å². The lowest BCUT2D eigenvalue weighted by Crippen LogP contribution is -2.24. The molecule has 0 aliphatic rings. The maximum absolute atomic E-state index is 11.8. The van der Waals surface area contributed by atoms with Gasteiger partial charge in [-0.3, -0.25) is 0 Å². The second-order valence-corrected chi connectivity index (χ2v) is 9.33. The highest BCUT2D eigenvalue weighted by Crippen LogP contribution is 2.29. The van der Waals surface area contributed by atoms with E-state index in [0.29, 0.717) is 5.56 Å². The van der Waals surface area contributed by atoms with Crippen LogP contribution < -0.4 is 0 Å². The van der Waals surface area contributed by atoms with Gasteiger partial charge in [-0.15, -0.1) is 0 Å². The Kier molecular flexibility index (Phi) is 5.40. The Morgan fingerprint density at radius 3 is 2.05 bits per heavy atom. The predicted octanol–water partition coefficient (Wildman–Crippen LogP) is 3.58. The van der Waals surface area contributed by atoms with Crippen LogP contribution >= 0.6 is 22.6 Å². The smallest absolute Gasteiger partial charge is 0.164 e. The molecule has 0 saturated heterocycles. The second-order valence-electron chi connectivity index (χ2n) is 4.74. The van der Waals surface area contributed by atoms with Gasteiger partial charge in [0.05, 0.1) is 0 Å². The van der Waals surface area contributed by atoms with Gasteiger partial charge in [0.1, 0.15) is 9.36 Å². The molecule has 0 radical (unpaired) electrons. The fourth-order valence-electron chi connectivity index (χ4n) is 2.01. The van der Waals surface area contributed by atoms with E-state index in [0.717, 1.165) is 11.1 Å². The van der Waals surface area contributed by atoms with Gasteiger partial charge in [0.25, 0.3) is 0 Å². The topological polar surface area (TPSA) is 54.4 Å².